The molecule has 2 nitrogen and oxygen atoms in total. The summed E-state index contributed by atoms with van der Waals surface area (Å²) in [4.78, 5) is 12.4. The van der Waals surface area contributed by atoms with Gasteiger partial charge in [0.15, 0.2) is 0 Å². The van der Waals surface area contributed by atoms with Crippen LogP contribution in [0.15, 0.2) is 41.3 Å². The maximum atomic E-state index is 11.3. The van der Waals surface area contributed by atoms with Crippen molar-refractivity contribution in [2.75, 3.05) is 5.75 Å². The van der Waals surface area contributed by atoms with Crippen molar-refractivity contribution in [1.82, 2.24) is 0 Å². The van der Waals surface area contributed by atoms with Gasteiger partial charge in [0, 0.05) is 4.90 Å². The normalized spacial score (nSPS) is 11.1. The van der Waals surface area contributed by atoms with E-state index in [1.54, 1.807) is 0 Å². The number of thioether (sulfide) groups is 1. The third-order valence-electron chi connectivity index (χ3n) is 5.08. The van der Waals surface area contributed by atoms with Gasteiger partial charge in [-0.2, -0.15) is 0 Å². The maximum absolute atomic E-state index is 11.3. The molecule has 0 radical (unpaired) electrons. The van der Waals surface area contributed by atoms with Gasteiger partial charge in [-0.3, -0.25) is 4.79 Å². The highest BCUT2D eigenvalue weighted by Crippen LogP contribution is 2.31. The number of rotatable bonds is 14. The number of hydrogen-bond acceptors (Lipinski definition) is 2. The van der Waals surface area contributed by atoms with Gasteiger partial charge in [-0.05, 0) is 34.6 Å². The maximum Gasteiger partial charge on any atom is 0.307 e. The summed E-state index contributed by atoms with van der Waals surface area (Å²) in [5.41, 5.74) is 0.970. The number of carboxylic acid groups (broad SMARTS) is 1. The molecule has 0 spiro atoms. The van der Waals surface area contributed by atoms with Crippen molar-refractivity contribution < 1.29 is 9.90 Å². The van der Waals surface area contributed by atoms with E-state index in [-0.39, 0.29) is 6.42 Å². The van der Waals surface area contributed by atoms with Gasteiger partial charge in [0.1, 0.15) is 0 Å². The van der Waals surface area contributed by atoms with Crippen molar-refractivity contribution >= 4 is 28.5 Å². The molecule has 0 bridgehead atoms. The van der Waals surface area contributed by atoms with E-state index in [1.165, 1.54) is 64.2 Å². The zero-order chi connectivity index (χ0) is 19.3. The van der Waals surface area contributed by atoms with Crippen LogP contribution in [0.25, 0.3) is 10.8 Å². The van der Waals surface area contributed by atoms with Gasteiger partial charge in [-0.25, -0.2) is 0 Å². The van der Waals surface area contributed by atoms with E-state index in [2.05, 4.69) is 25.1 Å². The second kappa shape index (κ2) is 12.8. The molecule has 2 rings (SSSR count). The third kappa shape index (κ3) is 7.96. The van der Waals surface area contributed by atoms with Crippen LogP contribution in [0.5, 0.6) is 0 Å². The molecule has 0 fully saturated rings. The van der Waals surface area contributed by atoms with Crippen LogP contribution in [0, 0.1) is 0 Å². The van der Waals surface area contributed by atoms with E-state index in [9.17, 15) is 9.90 Å². The predicted octanol–water partition coefficient (Wildman–Crippen LogP) is 7.48. The minimum atomic E-state index is -0.757. The largest absolute Gasteiger partial charge is 0.481 e. The Morgan fingerprint density at radius 1 is 0.852 bits per heavy atom. The second-order valence-corrected chi connectivity index (χ2v) is 8.50. The van der Waals surface area contributed by atoms with Crippen molar-refractivity contribution in [3.05, 3.63) is 42.0 Å². The van der Waals surface area contributed by atoms with E-state index in [0.29, 0.717) is 0 Å². The van der Waals surface area contributed by atoms with Crippen LogP contribution in [0.3, 0.4) is 0 Å². The summed E-state index contributed by atoms with van der Waals surface area (Å²) in [5.74, 6) is 0.314. The smallest absolute Gasteiger partial charge is 0.307 e. The summed E-state index contributed by atoms with van der Waals surface area (Å²) in [6, 6.07) is 12.3. The molecule has 0 unspecified atom stereocenters. The molecule has 0 aliphatic heterocycles. The van der Waals surface area contributed by atoms with Gasteiger partial charge in [0.2, 0.25) is 0 Å². The zero-order valence-electron chi connectivity index (χ0n) is 16.7. The highest BCUT2D eigenvalue weighted by Gasteiger charge is 2.11. The Morgan fingerprint density at radius 3 is 2.15 bits per heavy atom. The summed E-state index contributed by atoms with van der Waals surface area (Å²) in [7, 11) is 0. The fourth-order valence-electron chi connectivity index (χ4n) is 3.56. The van der Waals surface area contributed by atoms with E-state index in [0.717, 1.165) is 27.0 Å². The second-order valence-electron chi connectivity index (χ2n) is 7.36. The standard InChI is InChI=1S/C24H34O2S/c1-2-3-4-5-6-7-8-9-10-13-18-27-23-17-16-20-14-11-12-15-21(20)22(23)19-24(25)26/h11-12,14-17H,2-10,13,18-19H2,1H3,(H,25,26). The minimum Gasteiger partial charge on any atom is -0.481 e. The first-order chi connectivity index (χ1) is 13.2. The highest BCUT2D eigenvalue weighted by molar-refractivity contribution is 7.99. The zero-order valence-corrected chi connectivity index (χ0v) is 17.5. The monoisotopic (exact) mass is 386 g/mol. The van der Waals surface area contributed by atoms with Crippen LogP contribution in [0.1, 0.15) is 76.7 Å². The van der Waals surface area contributed by atoms with Crippen molar-refractivity contribution in [2.45, 2.75) is 82.4 Å². The molecule has 0 atom stereocenters. The van der Waals surface area contributed by atoms with Gasteiger partial charge < -0.3 is 5.11 Å². The SMILES string of the molecule is CCCCCCCCCCCCSc1ccc2ccccc2c1CC(=O)O. The van der Waals surface area contributed by atoms with Gasteiger partial charge in [0.25, 0.3) is 0 Å². The summed E-state index contributed by atoms with van der Waals surface area (Å²) >= 11 is 1.82. The first kappa shape index (κ1) is 21.8. The Balaban J connectivity index is 1.73. The molecule has 0 aliphatic rings. The first-order valence-corrected chi connectivity index (χ1v) is 11.6. The Hall–Kier alpha value is -1.48. The average molecular weight is 387 g/mol. The molecule has 0 saturated carbocycles. The van der Waals surface area contributed by atoms with E-state index >= 15 is 0 Å². The minimum absolute atomic E-state index is 0.0989. The van der Waals surface area contributed by atoms with Gasteiger partial charge in [0.05, 0.1) is 6.42 Å². The summed E-state index contributed by atoms with van der Waals surface area (Å²) < 4.78 is 0. The molecule has 3 heteroatoms. The number of unbranched alkanes of at least 4 members (excludes halogenated alkanes) is 9. The Labute approximate surface area is 168 Å². The lowest BCUT2D eigenvalue weighted by Crippen LogP contribution is -2.02. The molecular weight excluding hydrogens is 352 g/mol. The number of carboxylic acids is 1. The predicted molar refractivity (Wildman–Crippen MR) is 118 cm³/mol. The molecule has 2 aromatic rings. The molecule has 0 heterocycles. The lowest BCUT2D eigenvalue weighted by Gasteiger charge is -2.11. The first-order valence-electron chi connectivity index (χ1n) is 10.6. The molecule has 0 amide bonds. The highest BCUT2D eigenvalue weighted by atomic mass is 32.2. The van der Waals surface area contributed by atoms with Crippen LogP contribution in [0.2, 0.25) is 0 Å². The Kier molecular flexibility index (Phi) is 10.4. The number of benzene rings is 2. The van der Waals surface area contributed by atoms with E-state index in [4.69, 9.17) is 0 Å². The molecule has 2 aromatic carbocycles. The summed E-state index contributed by atoms with van der Waals surface area (Å²) in [6.07, 6.45) is 13.6. The van der Waals surface area contributed by atoms with E-state index in [1.807, 2.05) is 30.0 Å². The van der Waals surface area contributed by atoms with Crippen LogP contribution < -0.4 is 0 Å². The third-order valence-corrected chi connectivity index (χ3v) is 6.27. The Morgan fingerprint density at radius 2 is 1.48 bits per heavy atom. The molecule has 0 aliphatic carbocycles. The molecule has 0 saturated heterocycles. The molecule has 148 valence electrons. The quantitative estimate of drug-likeness (QED) is 0.270. The van der Waals surface area contributed by atoms with Crippen LogP contribution in [0.4, 0.5) is 0 Å². The fraction of sp³-hybridized carbons (Fsp3) is 0.542. The average Bonchev–Trinajstić information content (AvgIpc) is 2.67. The van der Waals surface area contributed by atoms with Crippen molar-refractivity contribution in [2.24, 2.45) is 0 Å². The van der Waals surface area contributed by atoms with Crippen LogP contribution in [-0.4, -0.2) is 16.8 Å². The fourth-order valence-corrected chi connectivity index (χ4v) is 4.65. The lowest BCUT2D eigenvalue weighted by molar-refractivity contribution is -0.136. The topological polar surface area (TPSA) is 37.3 Å². The van der Waals surface area contributed by atoms with E-state index < -0.39 is 5.97 Å². The van der Waals surface area contributed by atoms with Gasteiger partial charge >= 0.3 is 5.97 Å². The van der Waals surface area contributed by atoms with Crippen LogP contribution >= 0.6 is 11.8 Å². The molecular formula is C24H34O2S. The van der Waals surface area contributed by atoms with Crippen molar-refractivity contribution in [3.8, 4) is 0 Å². The molecule has 1 N–H and O–H groups in total. The number of carbonyl (C=O) groups is 1. The van der Waals surface area contributed by atoms with Crippen LogP contribution in [-0.2, 0) is 11.2 Å². The number of aliphatic carboxylic acids is 1. The Bertz CT molecular complexity index is 696. The molecule has 0 aromatic heterocycles. The summed E-state index contributed by atoms with van der Waals surface area (Å²) in [6.45, 7) is 2.26. The number of hydrogen-bond donors (Lipinski definition) is 1. The van der Waals surface area contributed by atoms with Gasteiger partial charge in [-0.15, -0.1) is 11.8 Å². The lowest BCUT2D eigenvalue weighted by atomic mass is 10.0. The van der Waals surface area contributed by atoms with Crippen molar-refractivity contribution in [3.63, 3.8) is 0 Å². The number of fused-ring (bicyclic) bond motifs is 1. The van der Waals surface area contributed by atoms with Gasteiger partial charge in [-0.1, -0.05) is 95.0 Å². The summed E-state index contributed by atoms with van der Waals surface area (Å²) in [5, 5.41) is 11.5. The van der Waals surface area contributed by atoms with Crippen molar-refractivity contribution in [1.29, 1.82) is 0 Å². The molecule has 27 heavy (non-hydrogen) atoms.